The molecule has 0 bridgehead atoms. The van der Waals surface area contributed by atoms with Gasteiger partial charge in [0.1, 0.15) is 11.9 Å². The molecular formula is C12H13FN2OS. The van der Waals surface area contributed by atoms with Gasteiger partial charge in [0, 0.05) is 0 Å². The van der Waals surface area contributed by atoms with Crippen LogP contribution in [0.1, 0.15) is 36.9 Å². The molecule has 1 fully saturated rings. The summed E-state index contributed by atoms with van der Waals surface area (Å²) in [5, 5.41) is 5.69. The van der Waals surface area contributed by atoms with Crippen LogP contribution >= 0.6 is 12.2 Å². The van der Waals surface area contributed by atoms with Crippen molar-refractivity contribution in [2.24, 2.45) is 0 Å². The van der Waals surface area contributed by atoms with Crippen molar-refractivity contribution >= 4 is 23.2 Å². The van der Waals surface area contributed by atoms with Crippen LogP contribution < -0.4 is 10.6 Å². The van der Waals surface area contributed by atoms with Gasteiger partial charge in [-0.05, 0) is 35.3 Å². The maximum atomic E-state index is 13.5. The molecular weight excluding hydrogens is 239 g/mol. The fourth-order valence-electron chi connectivity index (χ4n) is 1.84. The van der Waals surface area contributed by atoms with Crippen molar-refractivity contribution in [1.82, 2.24) is 10.6 Å². The summed E-state index contributed by atoms with van der Waals surface area (Å²) in [6.07, 6.45) is 0. The number of amides is 1. The Hall–Kier alpha value is -1.49. The van der Waals surface area contributed by atoms with E-state index < -0.39 is 6.04 Å². The van der Waals surface area contributed by atoms with Crippen molar-refractivity contribution in [3.8, 4) is 0 Å². The number of benzene rings is 1. The largest absolute Gasteiger partial charge is 0.347 e. The SMILES string of the molecule is CC(C)c1cc(C2NC(=S)NC2=O)ccc1F. The third kappa shape index (κ3) is 2.29. The second kappa shape index (κ2) is 4.41. The number of carbonyl (C=O) groups is 1. The number of thiocarbonyl (C=S) groups is 1. The molecule has 1 amide bonds. The number of carbonyl (C=O) groups excluding carboxylic acids is 1. The average molecular weight is 252 g/mol. The van der Waals surface area contributed by atoms with Crippen molar-refractivity contribution in [2.75, 3.05) is 0 Å². The number of hydrogen-bond donors (Lipinski definition) is 2. The van der Waals surface area contributed by atoms with Crippen LogP contribution in [0.4, 0.5) is 4.39 Å². The van der Waals surface area contributed by atoms with E-state index in [9.17, 15) is 9.18 Å². The summed E-state index contributed by atoms with van der Waals surface area (Å²) < 4.78 is 13.5. The summed E-state index contributed by atoms with van der Waals surface area (Å²) in [4.78, 5) is 11.6. The van der Waals surface area contributed by atoms with Gasteiger partial charge in [-0.3, -0.25) is 4.79 Å². The number of hydrogen-bond acceptors (Lipinski definition) is 2. The molecule has 0 spiro atoms. The fraction of sp³-hybridized carbons (Fsp3) is 0.333. The molecule has 5 heteroatoms. The minimum absolute atomic E-state index is 0.0753. The van der Waals surface area contributed by atoms with Crippen LogP contribution in [-0.2, 0) is 4.79 Å². The van der Waals surface area contributed by atoms with E-state index in [0.29, 0.717) is 10.7 Å². The number of halogens is 1. The van der Waals surface area contributed by atoms with Crippen LogP contribution in [0.3, 0.4) is 0 Å². The summed E-state index contributed by atoms with van der Waals surface area (Å²) in [6, 6.07) is 4.19. The highest BCUT2D eigenvalue weighted by Gasteiger charge is 2.29. The third-order valence-corrected chi connectivity index (χ3v) is 2.97. The van der Waals surface area contributed by atoms with Crippen molar-refractivity contribution in [3.05, 3.63) is 35.1 Å². The molecule has 1 unspecified atom stereocenters. The molecule has 0 radical (unpaired) electrons. The van der Waals surface area contributed by atoms with E-state index in [0.717, 1.165) is 5.56 Å². The van der Waals surface area contributed by atoms with E-state index >= 15 is 0 Å². The quantitative estimate of drug-likeness (QED) is 0.791. The molecule has 90 valence electrons. The molecule has 2 rings (SSSR count). The fourth-order valence-corrected chi connectivity index (χ4v) is 2.05. The molecule has 0 saturated carbocycles. The maximum absolute atomic E-state index is 13.5. The molecule has 1 atom stereocenters. The Morgan fingerprint density at radius 2 is 2.12 bits per heavy atom. The van der Waals surface area contributed by atoms with Crippen LogP contribution in [0.2, 0.25) is 0 Å². The van der Waals surface area contributed by atoms with Crippen LogP contribution in [-0.4, -0.2) is 11.0 Å². The number of nitrogens with one attached hydrogen (secondary N) is 2. The monoisotopic (exact) mass is 252 g/mol. The van der Waals surface area contributed by atoms with Gasteiger partial charge in [-0.25, -0.2) is 4.39 Å². The lowest BCUT2D eigenvalue weighted by Gasteiger charge is -2.13. The van der Waals surface area contributed by atoms with Crippen LogP contribution in [0.5, 0.6) is 0 Å². The topological polar surface area (TPSA) is 41.1 Å². The van der Waals surface area contributed by atoms with E-state index in [1.807, 2.05) is 13.8 Å². The van der Waals surface area contributed by atoms with Crippen molar-refractivity contribution in [2.45, 2.75) is 25.8 Å². The first kappa shape index (κ1) is 12.0. The molecule has 1 aromatic rings. The number of rotatable bonds is 2. The Kier molecular flexibility index (Phi) is 3.11. The molecule has 2 N–H and O–H groups in total. The van der Waals surface area contributed by atoms with Gasteiger partial charge in [0.2, 0.25) is 0 Å². The second-order valence-corrected chi connectivity index (χ2v) is 4.74. The second-order valence-electron chi connectivity index (χ2n) is 4.33. The van der Waals surface area contributed by atoms with Gasteiger partial charge in [-0.1, -0.05) is 26.0 Å². The Morgan fingerprint density at radius 1 is 1.41 bits per heavy atom. The van der Waals surface area contributed by atoms with E-state index in [1.54, 1.807) is 12.1 Å². The standard InChI is InChI=1S/C12H13FN2OS/c1-6(2)8-5-7(3-4-9(8)13)10-11(16)15-12(17)14-10/h3-6,10H,1-2H3,(H2,14,15,16,17). The smallest absolute Gasteiger partial charge is 0.253 e. The van der Waals surface area contributed by atoms with Gasteiger partial charge in [0.05, 0.1) is 0 Å². The Bertz CT molecular complexity index is 487. The van der Waals surface area contributed by atoms with Gasteiger partial charge < -0.3 is 10.6 Å². The molecule has 1 heterocycles. The first-order valence-electron chi connectivity index (χ1n) is 5.39. The lowest BCUT2D eigenvalue weighted by Crippen LogP contribution is -2.21. The normalized spacial score (nSPS) is 19.4. The predicted molar refractivity (Wildman–Crippen MR) is 67.1 cm³/mol. The minimum atomic E-state index is -0.513. The highest BCUT2D eigenvalue weighted by molar-refractivity contribution is 7.80. The van der Waals surface area contributed by atoms with Crippen molar-refractivity contribution < 1.29 is 9.18 Å². The molecule has 0 aromatic heterocycles. The molecule has 1 aliphatic heterocycles. The summed E-state index contributed by atoms with van der Waals surface area (Å²) in [5.74, 6) is -0.368. The average Bonchev–Trinajstić information content (AvgIpc) is 2.58. The van der Waals surface area contributed by atoms with E-state index in [-0.39, 0.29) is 17.6 Å². The zero-order valence-electron chi connectivity index (χ0n) is 9.58. The zero-order chi connectivity index (χ0) is 12.6. The summed E-state index contributed by atoms with van der Waals surface area (Å²) in [6.45, 7) is 3.82. The lowest BCUT2D eigenvalue weighted by molar-refractivity contribution is -0.120. The van der Waals surface area contributed by atoms with Gasteiger partial charge in [0.25, 0.3) is 5.91 Å². The maximum Gasteiger partial charge on any atom is 0.253 e. The lowest BCUT2D eigenvalue weighted by atomic mass is 9.97. The highest BCUT2D eigenvalue weighted by atomic mass is 32.1. The summed E-state index contributed by atoms with van der Waals surface area (Å²) in [5.41, 5.74) is 1.34. The van der Waals surface area contributed by atoms with E-state index in [1.165, 1.54) is 6.07 Å². The van der Waals surface area contributed by atoms with E-state index in [4.69, 9.17) is 12.2 Å². The van der Waals surface area contributed by atoms with Gasteiger partial charge >= 0.3 is 0 Å². The Labute approximate surface area is 104 Å². The molecule has 1 aliphatic rings. The van der Waals surface area contributed by atoms with Crippen LogP contribution in [0.25, 0.3) is 0 Å². The molecule has 17 heavy (non-hydrogen) atoms. The van der Waals surface area contributed by atoms with Gasteiger partial charge in [-0.15, -0.1) is 0 Å². The Morgan fingerprint density at radius 3 is 2.65 bits per heavy atom. The summed E-state index contributed by atoms with van der Waals surface area (Å²) in [7, 11) is 0. The zero-order valence-corrected chi connectivity index (χ0v) is 10.4. The predicted octanol–water partition coefficient (Wildman–Crippen LogP) is 1.99. The first-order chi connectivity index (χ1) is 7.99. The van der Waals surface area contributed by atoms with E-state index in [2.05, 4.69) is 10.6 Å². The molecule has 1 saturated heterocycles. The molecule has 3 nitrogen and oxygen atoms in total. The molecule has 0 aliphatic carbocycles. The third-order valence-electron chi connectivity index (χ3n) is 2.75. The van der Waals surface area contributed by atoms with Gasteiger partial charge in [-0.2, -0.15) is 0 Å². The van der Waals surface area contributed by atoms with Crippen molar-refractivity contribution in [3.63, 3.8) is 0 Å². The van der Waals surface area contributed by atoms with Crippen molar-refractivity contribution in [1.29, 1.82) is 0 Å². The van der Waals surface area contributed by atoms with Crippen LogP contribution in [0, 0.1) is 5.82 Å². The van der Waals surface area contributed by atoms with Crippen LogP contribution in [0.15, 0.2) is 18.2 Å². The molecule has 1 aromatic carbocycles. The Balaban J connectivity index is 2.37. The first-order valence-corrected chi connectivity index (χ1v) is 5.80. The highest BCUT2D eigenvalue weighted by Crippen LogP contribution is 2.24. The summed E-state index contributed by atoms with van der Waals surface area (Å²) >= 11 is 4.87. The van der Waals surface area contributed by atoms with Gasteiger partial charge in [0.15, 0.2) is 5.11 Å². The minimum Gasteiger partial charge on any atom is -0.347 e.